The van der Waals surface area contributed by atoms with E-state index in [1.165, 1.54) is 11.1 Å². The third-order valence-electron chi connectivity index (χ3n) is 4.56. The van der Waals surface area contributed by atoms with E-state index in [1.54, 1.807) is 0 Å². The van der Waals surface area contributed by atoms with Gasteiger partial charge in [0.25, 0.3) is 0 Å². The van der Waals surface area contributed by atoms with Gasteiger partial charge in [0, 0.05) is 17.7 Å². The van der Waals surface area contributed by atoms with Crippen molar-refractivity contribution < 1.29 is 4.74 Å². The second-order valence-corrected chi connectivity index (χ2v) is 7.62. The van der Waals surface area contributed by atoms with Gasteiger partial charge in [-0.05, 0) is 42.7 Å². The van der Waals surface area contributed by atoms with Crippen LogP contribution in [0.4, 0.5) is 0 Å². The molecule has 0 radical (unpaired) electrons. The van der Waals surface area contributed by atoms with Gasteiger partial charge in [0.2, 0.25) is 0 Å². The van der Waals surface area contributed by atoms with Crippen molar-refractivity contribution >= 4 is 11.5 Å². The molecule has 1 aliphatic rings. The molecule has 0 bridgehead atoms. The third kappa shape index (κ3) is 5.45. The summed E-state index contributed by atoms with van der Waals surface area (Å²) in [6, 6.07) is 8.71. The first-order chi connectivity index (χ1) is 11.4. The molecule has 0 amide bonds. The van der Waals surface area contributed by atoms with Crippen LogP contribution in [-0.2, 0) is 11.3 Å². The topological polar surface area (TPSA) is 60.0 Å². The predicted molar refractivity (Wildman–Crippen MR) is 101 cm³/mol. The zero-order valence-corrected chi connectivity index (χ0v) is 15.5. The number of nitrogens with two attached hydrogens (primary N) is 1. The Labute approximate surface area is 146 Å². The third-order valence-corrected chi connectivity index (χ3v) is 4.56. The van der Waals surface area contributed by atoms with Gasteiger partial charge in [0.05, 0.1) is 6.61 Å². The van der Waals surface area contributed by atoms with Crippen LogP contribution in [0.2, 0.25) is 0 Å². The average Bonchev–Trinajstić information content (AvgIpc) is 2.54. The maximum atomic E-state index is 5.87. The zero-order chi connectivity index (χ0) is 17.6. The van der Waals surface area contributed by atoms with Crippen molar-refractivity contribution in [2.75, 3.05) is 6.61 Å². The highest BCUT2D eigenvalue weighted by molar-refractivity contribution is 5.96. The molecule has 1 aliphatic heterocycles. The quantitative estimate of drug-likeness (QED) is 0.706. The molecule has 1 heterocycles. The lowest BCUT2D eigenvalue weighted by atomic mass is 9.84. The van der Waals surface area contributed by atoms with E-state index in [2.05, 4.69) is 62.2 Å². The molecule has 0 saturated carbocycles. The van der Waals surface area contributed by atoms with Crippen molar-refractivity contribution in [2.24, 2.45) is 21.4 Å². The van der Waals surface area contributed by atoms with Crippen molar-refractivity contribution in [3.05, 3.63) is 35.4 Å². The summed E-state index contributed by atoms with van der Waals surface area (Å²) >= 11 is 0. The molecule has 0 unspecified atom stereocenters. The van der Waals surface area contributed by atoms with Crippen LogP contribution in [0.1, 0.15) is 70.4 Å². The number of hydrogen-bond donors (Lipinski definition) is 1. The van der Waals surface area contributed by atoms with Crippen molar-refractivity contribution in [2.45, 2.75) is 65.9 Å². The van der Waals surface area contributed by atoms with Crippen LogP contribution < -0.4 is 5.73 Å². The van der Waals surface area contributed by atoms with Gasteiger partial charge in [-0.15, -0.1) is 5.10 Å². The maximum absolute atomic E-state index is 5.87. The van der Waals surface area contributed by atoms with Crippen molar-refractivity contribution in [3.8, 4) is 0 Å². The number of rotatable bonds is 8. The lowest BCUT2D eigenvalue weighted by molar-refractivity contribution is 0.117. The van der Waals surface area contributed by atoms with E-state index in [9.17, 15) is 0 Å². The summed E-state index contributed by atoms with van der Waals surface area (Å²) in [5.74, 6) is 1.21. The molecular weight excluding hydrogens is 298 g/mol. The number of amidine groups is 1. The SMILES string of the molecule is CC(C)c1ccc(COCCCCC2=NN=C(N)C(C)(C)C2)cc1. The minimum atomic E-state index is -0.0598. The van der Waals surface area contributed by atoms with E-state index in [0.29, 0.717) is 18.4 Å². The van der Waals surface area contributed by atoms with Gasteiger partial charge < -0.3 is 10.5 Å². The van der Waals surface area contributed by atoms with Crippen LogP contribution >= 0.6 is 0 Å². The highest BCUT2D eigenvalue weighted by atomic mass is 16.5. The predicted octanol–water partition coefficient (Wildman–Crippen LogP) is 4.64. The van der Waals surface area contributed by atoms with Gasteiger partial charge in [-0.2, -0.15) is 5.10 Å². The summed E-state index contributed by atoms with van der Waals surface area (Å²) in [7, 11) is 0. The molecule has 0 atom stereocenters. The van der Waals surface area contributed by atoms with Gasteiger partial charge >= 0.3 is 0 Å². The number of unbranched alkanes of at least 4 members (excludes halogenated alkanes) is 1. The van der Waals surface area contributed by atoms with Crippen molar-refractivity contribution in [1.29, 1.82) is 0 Å². The largest absolute Gasteiger partial charge is 0.385 e. The van der Waals surface area contributed by atoms with E-state index in [-0.39, 0.29) is 5.41 Å². The fraction of sp³-hybridized carbons (Fsp3) is 0.600. The second-order valence-electron chi connectivity index (χ2n) is 7.62. The fourth-order valence-corrected chi connectivity index (χ4v) is 2.76. The summed E-state index contributed by atoms with van der Waals surface area (Å²) < 4.78 is 5.78. The molecule has 4 heteroatoms. The molecule has 0 aromatic heterocycles. The van der Waals surface area contributed by atoms with Crippen molar-refractivity contribution in [1.82, 2.24) is 0 Å². The molecule has 0 fully saturated rings. The monoisotopic (exact) mass is 329 g/mol. The second kappa shape index (κ2) is 8.43. The van der Waals surface area contributed by atoms with Crippen LogP contribution in [0.25, 0.3) is 0 Å². The fourth-order valence-electron chi connectivity index (χ4n) is 2.76. The molecule has 24 heavy (non-hydrogen) atoms. The zero-order valence-electron chi connectivity index (χ0n) is 15.5. The standard InChI is InChI=1S/C20H31N3O/c1-15(2)17-10-8-16(9-11-17)14-24-12-6-5-7-18-13-20(3,4)19(21)23-22-18/h8-11,15H,5-7,12-14H2,1-4H3,(H2,21,23). The lowest BCUT2D eigenvalue weighted by Gasteiger charge is -2.26. The summed E-state index contributed by atoms with van der Waals surface area (Å²) in [5, 5.41) is 8.32. The lowest BCUT2D eigenvalue weighted by Crippen LogP contribution is -2.36. The number of nitrogens with zero attached hydrogens (tertiary/aromatic N) is 2. The van der Waals surface area contributed by atoms with E-state index in [1.807, 2.05) is 0 Å². The highest BCUT2D eigenvalue weighted by Gasteiger charge is 2.27. The van der Waals surface area contributed by atoms with Crippen LogP contribution in [-0.4, -0.2) is 18.2 Å². The van der Waals surface area contributed by atoms with E-state index < -0.39 is 0 Å². The van der Waals surface area contributed by atoms with Crippen LogP contribution in [0.3, 0.4) is 0 Å². The first-order valence-electron chi connectivity index (χ1n) is 8.94. The summed E-state index contributed by atoms with van der Waals surface area (Å²) in [6.07, 6.45) is 4.01. The van der Waals surface area contributed by atoms with Crippen LogP contribution in [0.5, 0.6) is 0 Å². The van der Waals surface area contributed by atoms with Gasteiger partial charge in [-0.25, -0.2) is 0 Å². The van der Waals surface area contributed by atoms with Crippen LogP contribution in [0, 0.1) is 5.41 Å². The Balaban J connectivity index is 1.62. The van der Waals surface area contributed by atoms with Gasteiger partial charge in [0.15, 0.2) is 0 Å². The van der Waals surface area contributed by atoms with Gasteiger partial charge in [-0.3, -0.25) is 0 Å². The van der Waals surface area contributed by atoms with Gasteiger partial charge in [-0.1, -0.05) is 52.0 Å². The highest BCUT2D eigenvalue weighted by Crippen LogP contribution is 2.26. The summed E-state index contributed by atoms with van der Waals surface area (Å²) in [5.41, 5.74) is 9.58. The van der Waals surface area contributed by atoms with Crippen molar-refractivity contribution in [3.63, 3.8) is 0 Å². The molecule has 0 aliphatic carbocycles. The molecule has 2 rings (SSSR count). The minimum Gasteiger partial charge on any atom is -0.385 e. The average molecular weight is 329 g/mol. The smallest absolute Gasteiger partial charge is 0.128 e. The van der Waals surface area contributed by atoms with E-state index in [4.69, 9.17) is 10.5 Å². The first-order valence-corrected chi connectivity index (χ1v) is 8.94. The number of hydrogen-bond acceptors (Lipinski definition) is 4. The molecule has 2 N–H and O–H groups in total. The molecule has 132 valence electrons. The Kier molecular flexibility index (Phi) is 6.55. The molecule has 4 nitrogen and oxygen atoms in total. The Hall–Kier alpha value is -1.68. The Bertz CT molecular complexity index is 585. The normalized spacial score (nSPS) is 16.9. The molecule has 1 aromatic rings. The van der Waals surface area contributed by atoms with E-state index >= 15 is 0 Å². The Morgan fingerprint density at radius 3 is 2.46 bits per heavy atom. The Morgan fingerprint density at radius 2 is 1.83 bits per heavy atom. The molecular formula is C20H31N3O. The Morgan fingerprint density at radius 1 is 1.12 bits per heavy atom. The van der Waals surface area contributed by atoms with Crippen LogP contribution in [0.15, 0.2) is 34.5 Å². The minimum absolute atomic E-state index is 0.0598. The molecule has 0 spiro atoms. The summed E-state index contributed by atoms with van der Waals surface area (Å²) in [4.78, 5) is 0. The first kappa shape index (κ1) is 18.7. The molecule has 1 aromatic carbocycles. The maximum Gasteiger partial charge on any atom is 0.128 e. The number of benzene rings is 1. The summed E-state index contributed by atoms with van der Waals surface area (Å²) in [6.45, 7) is 10.1. The number of ether oxygens (including phenoxy) is 1. The van der Waals surface area contributed by atoms with E-state index in [0.717, 1.165) is 38.0 Å². The molecule has 0 saturated heterocycles. The van der Waals surface area contributed by atoms with Gasteiger partial charge in [0.1, 0.15) is 5.84 Å².